The first-order valence-corrected chi connectivity index (χ1v) is 10.7. The number of halogens is 1. The Bertz CT molecular complexity index is 1250. The van der Waals surface area contributed by atoms with Crippen molar-refractivity contribution < 1.29 is 19.3 Å². The fourth-order valence-corrected chi connectivity index (χ4v) is 4.64. The summed E-state index contributed by atoms with van der Waals surface area (Å²) >= 11 is 6.48. The van der Waals surface area contributed by atoms with E-state index in [0.717, 1.165) is 5.56 Å². The largest absolute Gasteiger partial charge is 0.275 e. The summed E-state index contributed by atoms with van der Waals surface area (Å²) in [6.07, 6.45) is -1.05. The molecule has 0 saturated carbocycles. The smallest absolute Gasteiger partial charge is 0.271 e. The molecule has 0 aliphatic carbocycles. The molecule has 166 valence electrons. The summed E-state index contributed by atoms with van der Waals surface area (Å²) in [6, 6.07) is 21.4. The van der Waals surface area contributed by atoms with Crippen molar-refractivity contribution in [2.45, 2.75) is 18.7 Å². The number of benzene rings is 3. The highest BCUT2D eigenvalue weighted by molar-refractivity contribution is 6.31. The number of amides is 2. The zero-order chi connectivity index (χ0) is 23.1. The van der Waals surface area contributed by atoms with Crippen molar-refractivity contribution in [2.24, 2.45) is 5.92 Å². The Morgan fingerprint density at radius 3 is 2.39 bits per heavy atom. The fraction of sp³-hybridized carbons (Fsp3) is 0.167. The van der Waals surface area contributed by atoms with Crippen LogP contribution in [0.15, 0.2) is 78.9 Å². The van der Waals surface area contributed by atoms with Crippen LogP contribution in [0.5, 0.6) is 0 Å². The molecule has 9 heteroatoms. The monoisotopic (exact) mass is 463 g/mol. The summed E-state index contributed by atoms with van der Waals surface area (Å²) in [5, 5.41) is 13.1. The van der Waals surface area contributed by atoms with Crippen LogP contribution in [0, 0.1) is 16.0 Å². The number of nitrogens with zero attached hydrogens (tertiary/aromatic N) is 3. The van der Waals surface area contributed by atoms with Gasteiger partial charge in [-0.15, -0.1) is 0 Å². The number of likely N-dealkylation sites (tertiary alicyclic amines) is 1. The Hall–Kier alpha value is -3.75. The van der Waals surface area contributed by atoms with Crippen LogP contribution in [0.3, 0.4) is 0 Å². The highest BCUT2D eigenvalue weighted by Crippen LogP contribution is 2.48. The van der Waals surface area contributed by atoms with Crippen molar-refractivity contribution in [1.82, 2.24) is 4.90 Å². The van der Waals surface area contributed by atoms with Gasteiger partial charge in [0.25, 0.3) is 11.6 Å². The average molecular weight is 464 g/mol. The quantitative estimate of drug-likeness (QED) is 0.318. The van der Waals surface area contributed by atoms with Crippen LogP contribution in [0.2, 0.25) is 5.02 Å². The van der Waals surface area contributed by atoms with Crippen molar-refractivity contribution in [1.29, 1.82) is 0 Å². The van der Waals surface area contributed by atoms with Crippen LogP contribution < -0.4 is 5.06 Å². The van der Waals surface area contributed by atoms with Gasteiger partial charge in [0.1, 0.15) is 5.92 Å². The summed E-state index contributed by atoms with van der Waals surface area (Å²) in [4.78, 5) is 44.7. The van der Waals surface area contributed by atoms with Crippen LogP contribution >= 0.6 is 11.6 Å². The van der Waals surface area contributed by atoms with Gasteiger partial charge in [-0.3, -0.25) is 29.4 Å². The molecule has 3 aromatic carbocycles. The number of anilines is 1. The molecular weight excluding hydrogens is 446 g/mol. The lowest BCUT2D eigenvalue weighted by molar-refractivity contribution is -0.384. The number of fused-ring (bicyclic) bond motifs is 1. The first-order valence-electron chi connectivity index (χ1n) is 10.3. The lowest BCUT2D eigenvalue weighted by atomic mass is 9.90. The SMILES string of the molecule is O=C1[C@H]2[C@H](ON(c3cccc([N+](=O)[O-])c3)[C@H]2c2ccccc2Cl)C(=O)N1Cc1ccccc1. The number of rotatable bonds is 5. The highest BCUT2D eigenvalue weighted by atomic mass is 35.5. The zero-order valence-electron chi connectivity index (χ0n) is 17.2. The van der Waals surface area contributed by atoms with Crippen LogP contribution in [-0.2, 0) is 21.0 Å². The third-order valence-corrected chi connectivity index (χ3v) is 6.25. The fourth-order valence-electron chi connectivity index (χ4n) is 4.39. The molecule has 2 fully saturated rings. The Labute approximate surface area is 194 Å². The molecule has 2 aliphatic heterocycles. The van der Waals surface area contributed by atoms with Crippen molar-refractivity contribution >= 4 is 34.8 Å². The van der Waals surface area contributed by atoms with Crippen LogP contribution in [0.25, 0.3) is 0 Å². The molecule has 2 heterocycles. The molecule has 33 heavy (non-hydrogen) atoms. The summed E-state index contributed by atoms with van der Waals surface area (Å²) in [5.41, 5.74) is 1.65. The molecule has 2 saturated heterocycles. The first-order chi connectivity index (χ1) is 16.0. The Morgan fingerprint density at radius 1 is 0.939 bits per heavy atom. The maximum absolute atomic E-state index is 13.5. The van der Waals surface area contributed by atoms with Gasteiger partial charge >= 0.3 is 0 Å². The molecule has 2 aliphatic rings. The molecule has 2 amide bonds. The van der Waals surface area contributed by atoms with Crippen molar-refractivity contribution in [3.8, 4) is 0 Å². The number of carbonyl (C=O) groups is 2. The number of imide groups is 1. The molecule has 3 atom stereocenters. The topological polar surface area (TPSA) is 93.0 Å². The molecule has 0 unspecified atom stereocenters. The van der Waals surface area contributed by atoms with E-state index in [9.17, 15) is 19.7 Å². The van der Waals surface area contributed by atoms with Gasteiger partial charge in [0, 0.05) is 17.2 Å². The maximum atomic E-state index is 13.5. The molecule has 8 nitrogen and oxygen atoms in total. The van der Waals surface area contributed by atoms with Gasteiger partial charge in [-0.25, -0.2) is 5.06 Å². The molecule has 0 spiro atoms. The van der Waals surface area contributed by atoms with E-state index in [1.54, 1.807) is 30.3 Å². The minimum atomic E-state index is -1.05. The third kappa shape index (κ3) is 3.63. The second-order valence-electron chi connectivity index (χ2n) is 7.87. The standard InChI is InChI=1S/C24H18ClN3O5/c25-19-12-5-4-11-18(19)21-20-22(33-27(21)16-9-6-10-17(13-16)28(31)32)24(30)26(23(20)29)14-15-7-2-1-3-8-15/h1-13,20-22H,14H2/t20-,21+,22+/m1/s1. The van der Waals surface area contributed by atoms with Crippen molar-refractivity contribution in [2.75, 3.05) is 5.06 Å². The van der Waals surface area contributed by atoms with E-state index in [1.807, 2.05) is 30.3 Å². The lowest BCUT2D eigenvalue weighted by Gasteiger charge is -2.29. The van der Waals surface area contributed by atoms with E-state index >= 15 is 0 Å². The number of nitro groups is 1. The van der Waals surface area contributed by atoms with Gasteiger partial charge in [-0.1, -0.05) is 66.2 Å². The van der Waals surface area contributed by atoms with Crippen LogP contribution in [0.1, 0.15) is 17.2 Å². The van der Waals surface area contributed by atoms with Crippen molar-refractivity contribution in [3.05, 3.63) is 105 Å². The predicted octanol–water partition coefficient (Wildman–Crippen LogP) is 4.29. The Kier molecular flexibility index (Phi) is 5.32. The number of carbonyl (C=O) groups excluding carboxylic acids is 2. The minimum absolute atomic E-state index is 0.130. The third-order valence-electron chi connectivity index (χ3n) is 5.91. The zero-order valence-corrected chi connectivity index (χ0v) is 18.0. The average Bonchev–Trinajstić information content (AvgIpc) is 3.32. The van der Waals surface area contributed by atoms with E-state index in [0.29, 0.717) is 16.3 Å². The lowest BCUT2D eigenvalue weighted by Crippen LogP contribution is -2.37. The highest BCUT2D eigenvalue weighted by Gasteiger charge is 2.60. The summed E-state index contributed by atoms with van der Waals surface area (Å²) < 4.78 is 0. The molecule has 5 rings (SSSR count). The molecule has 3 aromatic rings. The molecule has 0 aromatic heterocycles. The van der Waals surface area contributed by atoms with Gasteiger partial charge < -0.3 is 0 Å². The van der Waals surface area contributed by atoms with Gasteiger partial charge in [-0.05, 0) is 23.3 Å². The second-order valence-corrected chi connectivity index (χ2v) is 8.28. The molecule has 0 bridgehead atoms. The van der Waals surface area contributed by atoms with E-state index in [4.69, 9.17) is 16.4 Å². The first kappa shape index (κ1) is 21.1. The molecular formula is C24H18ClN3O5. The number of nitro benzene ring substituents is 1. The van der Waals surface area contributed by atoms with Crippen LogP contribution in [-0.4, -0.2) is 27.7 Å². The van der Waals surface area contributed by atoms with E-state index in [-0.39, 0.29) is 18.1 Å². The van der Waals surface area contributed by atoms with E-state index in [1.165, 1.54) is 28.2 Å². The minimum Gasteiger partial charge on any atom is -0.275 e. The number of hydrogen-bond acceptors (Lipinski definition) is 6. The van der Waals surface area contributed by atoms with Gasteiger partial charge in [-0.2, -0.15) is 0 Å². The van der Waals surface area contributed by atoms with Gasteiger partial charge in [0.2, 0.25) is 5.91 Å². The van der Waals surface area contributed by atoms with Crippen LogP contribution in [0.4, 0.5) is 11.4 Å². The van der Waals surface area contributed by atoms with E-state index < -0.39 is 28.9 Å². The molecule has 0 N–H and O–H groups in total. The summed E-state index contributed by atoms with van der Waals surface area (Å²) in [6.45, 7) is 0.140. The number of hydrogen-bond donors (Lipinski definition) is 0. The van der Waals surface area contributed by atoms with Crippen molar-refractivity contribution in [3.63, 3.8) is 0 Å². The summed E-state index contributed by atoms with van der Waals surface area (Å²) in [5.74, 6) is -1.66. The van der Waals surface area contributed by atoms with Gasteiger partial charge in [0.05, 0.1) is 23.2 Å². The number of hydroxylamine groups is 1. The van der Waals surface area contributed by atoms with E-state index in [2.05, 4.69) is 0 Å². The maximum Gasteiger partial charge on any atom is 0.271 e. The summed E-state index contributed by atoms with van der Waals surface area (Å²) in [7, 11) is 0. The number of non-ortho nitro benzene ring substituents is 1. The normalized spacial score (nSPS) is 22.0. The predicted molar refractivity (Wildman–Crippen MR) is 120 cm³/mol. The Morgan fingerprint density at radius 2 is 1.67 bits per heavy atom. The van der Waals surface area contributed by atoms with Gasteiger partial charge in [0.15, 0.2) is 6.10 Å². The Balaban J connectivity index is 1.56. The molecule has 0 radical (unpaired) electrons. The second kappa shape index (κ2) is 8.31.